The lowest BCUT2D eigenvalue weighted by molar-refractivity contribution is -0.123. The van der Waals surface area contributed by atoms with Crippen LogP contribution in [0.5, 0.6) is 0 Å². The molecule has 1 N–H and O–H groups in total. The average Bonchev–Trinajstić information content (AvgIpc) is 3.47. The monoisotopic (exact) mass is 426 g/mol. The van der Waals surface area contributed by atoms with Gasteiger partial charge in [-0.3, -0.25) is 14.5 Å². The largest absolute Gasteiger partial charge is 0.459 e. The van der Waals surface area contributed by atoms with Gasteiger partial charge in [-0.15, -0.1) is 11.3 Å². The summed E-state index contributed by atoms with van der Waals surface area (Å²) in [5.74, 6) is -1.41. The molecule has 1 atom stereocenters. The quantitative estimate of drug-likeness (QED) is 0.580. The number of amides is 2. The number of hydrogen-bond acceptors (Lipinski definition) is 4. The summed E-state index contributed by atoms with van der Waals surface area (Å²) in [7, 11) is 0. The second kappa shape index (κ2) is 9.26. The molecule has 3 aromatic rings. The molecule has 7 heteroatoms. The second-order valence-electron chi connectivity index (χ2n) is 7.37. The molecule has 1 fully saturated rings. The third kappa shape index (κ3) is 4.31. The molecule has 0 radical (unpaired) electrons. The average molecular weight is 427 g/mol. The molecule has 156 valence electrons. The highest BCUT2D eigenvalue weighted by atomic mass is 32.1. The highest BCUT2D eigenvalue weighted by Gasteiger charge is 2.37. The molecule has 5 nitrogen and oxygen atoms in total. The summed E-state index contributed by atoms with van der Waals surface area (Å²) in [6.07, 6.45) is 6.51. The molecule has 0 saturated heterocycles. The molecule has 0 bridgehead atoms. The van der Waals surface area contributed by atoms with E-state index >= 15 is 0 Å². The fraction of sp³-hybridized carbons (Fsp3) is 0.304. The minimum absolute atomic E-state index is 0.0381. The molecular formula is C23H23FN2O3S. The molecule has 0 aliphatic heterocycles. The van der Waals surface area contributed by atoms with Crippen molar-refractivity contribution < 1.29 is 18.4 Å². The number of carbonyl (C=O) groups excluding carboxylic acids is 2. The van der Waals surface area contributed by atoms with Gasteiger partial charge in [-0.2, -0.15) is 0 Å². The first-order chi connectivity index (χ1) is 14.6. The molecule has 1 aromatic carbocycles. The van der Waals surface area contributed by atoms with Crippen molar-refractivity contribution >= 4 is 28.8 Å². The Morgan fingerprint density at radius 3 is 2.53 bits per heavy atom. The normalized spacial score (nSPS) is 15.5. The van der Waals surface area contributed by atoms with Crippen LogP contribution in [-0.4, -0.2) is 17.9 Å². The van der Waals surface area contributed by atoms with Gasteiger partial charge >= 0.3 is 0 Å². The number of rotatable bonds is 6. The van der Waals surface area contributed by atoms with Crippen LogP contribution in [0.15, 0.2) is 64.6 Å². The summed E-state index contributed by atoms with van der Waals surface area (Å²) in [5, 5.41) is 4.94. The van der Waals surface area contributed by atoms with Gasteiger partial charge in [0.25, 0.3) is 5.91 Å². The van der Waals surface area contributed by atoms with Crippen molar-refractivity contribution in [3.05, 3.63) is 76.6 Å². The molecular weight excluding hydrogens is 403 g/mol. The number of halogens is 1. The number of carbonyl (C=O) groups is 2. The first-order valence-corrected chi connectivity index (χ1v) is 11.0. The van der Waals surface area contributed by atoms with Gasteiger partial charge in [0.05, 0.1) is 12.0 Å². The molecule has 1 aliphatic carbocycles. The molecule has 30 heavy (non-hydrogen) atoms. The van der Waals surface area contributed by atoms with Crippen molar-refractivity contribution in [2.24, 2.45) is 0 Å². The Labute approximate surface area is 178 Å². The van der Waals surface area contributed by atoms with Gasteiger partial charge in [-0.25, -0.2) is 4.39 Å². The van der Waals surface area contributed by atoms with E-state index in [1.165, 1.54) is 47.1 Å². The van der Waals surface area contributed by atoms with E-state index in [4.69, 9.17) is 4.42 Å². The molecule has 2 heterocycles. The van der Waals surface area contributed by atoms with Crippen LogP contribution in [0.4, 0.5) is 10.1 Å². The van der Waals surface area contributed by atoms with Crippen LogP contribution < -0.4 is 10.2 Å². The van der Waals surface area contributed by atoms with Crippen LogP contribution in [-0.2, 0) is 4.79 Å². The van der Waals surface area contributed by atoms with Crippen LogP contribution in [0.3, 0.4) is 0 Å². The lowest BCUT2D eigenvalue weighted by Gasteiger charge is -2.32. The number of anilines is 1. The van der Waals surface area contributed by atoms with Crippen molar-refractivity contribution in [1.82, 2.24) is 5.32 Å². The summed E-state index contributed by atoms with van der Waals surface area (Å²) in [6.45, 7) is 0. The number of nitrogens with zero attached hydrogens (tertiary/aromatic N) is 1. The van der Waals surface area contributed by atoms with Gasteiger partial charge in [0.1, 0.15) is 5.82 Å². The highest BCUT2D eigenvalue weighted by molar-refractivity contribution is 7.10. The summed E-state index contributed by atoms with van der Waals surface area (Å²) in [6, 6.07) is 11.8. The van der Waals surface area contributed by atoms with Crippen LogP contribution in [0.25, 0.3) is 0 Å². The van der Waals surface area contributed by atoms with E-state index in [9.17, 15) is 14.0 Å². The Hall–Kier alpha value is -2.93. The molecule has 0 unspecified atom stereocenters. The maximum atomic E-state index is 14.8. The maximum absolute atomic E-state index is 14.8. The summed E-state index contributed by atoms with van der Waals surface area (Å²) >= 11 is 1.36. The third-order valence-corrected chi connectivity index (χ3v) is 6.26. The minimum Gasteiger partial charge on any atom is -0.459 e. The van der Waals surface area contributed by atoms with Gasteiger partial charge in [0.15, 0.2) is 11.8 Å². The molecule has 1 saturated carbocycles. The first-order valence-electron chi connectivity index (χ1n) is 10.1. The Morgan fingerprint density at radius 2 is 1.87 bits per heavy atom. The molecule has 2 aromatic heterocycles. The fourth-order valence-electron chi connectivity index (χ4n) is 3.88. The molecule has 1 aliphatic rings. The van der Waals surface area contributed by atoms with Gasteiger partial charge in [0, 0.05) is 10.9 Å². The van der Waals surface area contributed by atoms with Crippen LogP contribution >= 0.6 is 11.3 Å². The van der Waals surface area contributed by atoms with Crippen molar-refractivity contribution in [3.8, 4) is 0 Å². The zero-order valence-corrected chi connectivity index (χ0v) is 17.2. The van der Waals surface area contributed by atoms with Gasteiger partial charge in [0.2, 0.25) is 5.91 Å². The van der Waals surface area contributed by atoms with Crippen molar-refractivity contribution in [2.75, 3.05) is 4.90 Å². The SMILES string of the molecule is O=C(NC1CCCCC1)[C@@H](c1cccs1)N(C(=O)c1ccco1)c1ccccc1F. The zero-order valence-electron chi connectivity index (χ0n) is 16.4. The first kappa shape index (κ1) is 20.3. The number of thiophene rings is 1. The Bertz CT molecular complexity index is 982. The van der Waals surface area contributed by atoms with Crippen LogP contribution in [0.2, 0.25) is 0 Å². The van der Waals surface area contributed by atoms with E-state index in [0.717, 1.165) is 25.7 Å². The van der Waals surface area contributed by atoms with E-state index in [-0.39, 0.29) is 23.4 Å². The Kier molecular flexibility index (Phi) is 6.28. The minimum atomic E-state index is -0.999. The van der Waals surface area contributed by atoms with Gasteiger partial charge in [-0.05, 0) is 48.6 Å². The summed E-state index contributed by atoms with van der Waals surface area (Å²) in [4.78, 5) is 28.7. The molecule has 0 spiro atoms. The van der Waals surface area contributed by atoms with Gasteiger partial charge < -0.3 is 9.73 Å². The fourth-order valence-corrected chi connectivity index (χ4v) is 4.69. The Morgan fingerprint density at radius 1 is 1.07 bits per heavy atom. The predicted octanol–water partition coefficient (Wildman–Crippen LogP) is 5.32. The summed E-state index contributed by atoms with van der Waals surface area (Å²) in [5.41, 5.74) is 0.0381. The van der Waals surface area contributed by atoms with Gasteiger partial charge in [-0.1, -0.05) is 37.5 Å². The zero-order chi connectivity index (χ0) is 20.9. The van der Waals surface area contributed by atoms with E-state index < -0.39 is 17.8 Å². The molecule has 2 amide bonds. The molecule has 4 rings (SSSR count). The Balaban J connectivity index is 1.76. The van der Waals surface area contributed by atoms with Crippen LogP contribution in [0, 0.1) is 5.82 Å². The third-order valence-electron chi connectivity index (χ3n) is 5.33. The maximum Gasteiger partial charge on any atom is 0.295 e. The number of hydrogen-bond donors (Lipinski definition) is 1. The van der Waals surface area contributed by atoms with E-state index in [0.29, 0.717) is 4.88 Å². The van der Waals surface area contributed by atoms with E-state index in [2.05, 4.69) is 5.32 Å². The van der Waals surface area contributed by atoms with Crippen molar-refractivity contribution in [1.29, 1.82) is 0 Å². The topological polar surface area (TPSA) is 62.6 Å². The summed E-state index contributed by atoms with van der Waals surface area (Å²) < 4.78 is 20.1. The number of furan rings is 1. The number of nitrogens with one attached hydrogen (secondary N) is 1. The van der Waals surface area contributed by atoms with Crippen molar-refractivity contribution in [3.63, 3.8) is 0 Å². The predicted molar refractivity (Wildman–Crippen MR) is 114 cm³/mol. The number of benzene rings is 1. The highest BCUT2D eigenvalue weighted by Crippen LogP contribution is 2.34. The van der Waals surface area contributed by atoms with E-state index in [1.807, 2.05) is 11.4 Å². The number of para-hydroxylation sites is 1. The smallest absolute Gasteiger partial charge is 0.295 e. The van der Waals surface area contributed by atoms with Crippen LogP contribution in [0.1, 0.15) is 53.6 Å². The lowest BCUT2D eigenvalue weighted by Crippen LogP contribution is -2.47. The van der Waals surface area contributed by atoms with Crippen molar-refractivity contribution in [2.45, 2.75) is 44.2 Å². The lowest BCUT2D eigenvalue weighted by atomic mass is 9.95. The second-order valence-corrected chi connectivity index (χ2v) is 8.34. The van der Waals surface area contributed by atoms with E-state index in [1.54, 1.807) is 24.3 Å². The standard InChI is InChI=1S/C23H23FN2O3S/c24-17-10-4-5-11-18(17)26(23(28)19-12-6-14-29-19)21(20-13-7-15-30-20)22(27)25-16-8-2-1-3-9-16/h4-7,10-16,21H,1-3,8-9H2,(H,25,27)/t21-/m1/s1.